The van der Waals surface area contributed by atoms with E-state index in [0.717, 1.165) is 38.5 Å². The number of unbranched alkanes of at least 4 members (excludes halogenated alkanes) is 12. The van der Waals surface area contributed by atoms with Crippen molar-refractivity contribution in [3.8, 4) is 0 Å². The smallest absolute Gasteiger partial charge is 0.325 e. The van der Waals surface area contributed by atoms with E-state index in [-0.39, 0.29) is 6.42 Å². The van der Waals surface area contributed by atoms with E-state index in [1.807, 2.05) is 13.8 Å². The third kappa shape index (κ3) is 16.5. The van der Waals surface area contributed by atoms with Gasteiger partial charge in [-0.05, 0) is 26.2 Å². The average Bonchev–Trinajstić information content (AvgIpc) is 2.79. The Morgan fingerprint density at radius 3 is 1.64 bits per heavy atom. The molecule has 0 saturated heterocycles. The van der Waals surface area contributed by atoms with Crippen LogP contribution in [-0.2, 0) is 23.8 Å². The van der Waals surface area contributed by atoms with Crippen molar-refractivity contribution in [1.29, 1.82) is 0 Å². The van der Waals surface area contributed by atoms with Crippen LogP contribution in [0.5, 0.6) is 0 Å². The Morgan fingerprint density at radius 2 is 1.12 bits per heavy atom. The van der Waals surface area contributed by atoms with Gasteiger partial charge < -0.3 is 14.2 Å². The van der Waals surface area contributed by atoms with Crippen LogP contribution in [0.4, 0.5) is 0 Å². The zero-order valence-corrected chi connectivity index (χ0v) is 22.9. The minimum Gasteiger partial charge on any atom is -0.466 e. The van der Waals surface area contributed by atoms with Crippen LogP contribution < -0.4 is 0 Å². The first-order valence-electron chi connectivity index (χ1n) is 13.6. The second kappa shape index (κ2) is 21.8. The molecule has 0 heterocycles. The molecule has 0 bridgehead atoms. The van der Waals surface area contributed by atoms with Gasteiger partial charge in [-0.25, -0.2) is 0 Å². The number of carbonyl (C=O) groups is 2. The van der Waals surface area contributed by atoms with Crippen molar-refractivity contribution < 1.29 is 23.8 Å². The van der Waals surface area contributed by atoms with Gasteiger partial charge in [-0.15, -0.1) is 0 Å². The topological polar surface area (TPSA) is 61.8 Å². The Kier molecular flexibility index (Phi) is 21.3. The quantitative estimate of drug-likeness (QED) is 0.0919. The third-order valence-corrected chi connectivity index (χ3v) is 6.75. The number of carbonyl (C=O) groups excluding carboxylic acids is 2. The highest BCUT2D eigenvalue weighted by Gasteiger charge is 2.45. The molecule has 0 rings (SSSR count). The van der Waals surface area contributed by atoms with Gasteiger partial charge in [0.15, 0.2) is 0 Å². The van der Waals surface area contributed by atoms with Crippen LogP contribution in [0.1, 0.15) is 130 Å². The highest BCUT2D eigenvalue weighted by molar-refractivity contribution is 7.82. The lowest BCUT2D eigenvalue weighted by Gasteiger charge is -2.31. The van der Waals surface area contributed by atoms with Gasteiger partial charge >= 0.3 is 11.9 Å². The predicted octanol–water partition coefficient (Wildman–Crippen LogP) is 7.45. The largest absolute Gasteiger partial charge is 0.466 e. The fourth-order valence-electron chi connectivity index (χ4n) is 3.58. The number of ether oxygens (including phenoxy) is 3. The van der Waals surface area contributed by atoms with Crippen LogP contribution in [0.3, 0.4) is 0 Å². The summed E-state index contributed by atoms with van der Waals surface area (Å²) in [5.41, 5.74) is 0. The third-order valence-electron chi connectivity index (χ3n) is 6.05. The summed E-state index contributed by atoms with van der Waals surface area (Å²) in [6, 6.07) is 0. The summed E-state index contributed by atoms with van der Waals surface area (Å²) in [6.07, 6.45) is 16.7. The Bertz CT molecular complexity index is 485. The molecule has 0 N–H and O–H groups in total. The molecule has 0 spiro atoms. The van der Waals surface area contributed by atoms with E-state index in [9.17, 15) is 9.59 Å². The first kappa shape index (κ1) is 32.2. The summed E-state index contributed by atoms with van der Waals surface area (Å²) in [7, 11) is 0. The van der Waals surface area contributed by atoms with Gasteiger partial charge in [-0.2, -0.15) is 12.6 Å². The lowest BCUT2D eigenvalue weighted by atomic mass is 9.98. The molecule has 0 fully saturated rings. The molecular formula is C27H52O5S. The molecule has 0 aliphatic heterocycles. The Hall–Kier alpha value is -0.750. The number of hydrogen-bond donors (Lipinski definition) is 1. The molecule has 5 nitrogen and oxygen atoms in total. The molecule has 0 radical (unpaired) electrons. The predicted molar refractivity (Wildman–Crippen MR) is 140 cm³/mol. The zero-order chi connectivity index (χ0) is 24.8. The molecule has 0 saturated carbocycles. The van der Waals surface area contributed by atoms with E-state index < -0.39 is 22.8 Å². The minimum atomic E-state index is -1.34. The van der Waals surface area contributed by atoms with Crippen LogP contribution in [0.2, 0.25) is 0 Å². The molecule has 0 aliphatic rings. The van der Waals surface area contributed by atoms with Crippen molar-refractivity contribution in [1.82, 2.24) is 0 Å². The van der Waals surface area contributed by atoms with Crippen molar-refractivity contribution in [2.75, 3.05) is 19.8 Å². The summed E-state index contributed by atoms with van der Waals surface area (Å²) in [4.78, 5) is 25.1. The highest BCUT2D eigenvalue weighted by atomic mass is 32.1. The van der Waals surface area contributed by atoms with Crippen molar-refractivity contribution in [2.24, 2.45) is 0 Å². The molecule has 0 aromatic heterocycles. The van der Waals surface area contributed by atoms with E-state index in [1.165, 1.54) is 57.8 Å². The van der Waals surface area contributed by atoms with Crippen molar-refractivity contribution in [3.05, 3.63) is 0 Å². The van der Waals surface area contributed by atoms with Crippen LogP contribution in [0, 0.1) is 0 Å². The van der Waals surface area contributed by atoms with Gasteiger partial charge in [0.2, 0.25) is 0 Å². The second-order valence-electron chi connectivity index (χ2n) is 9.21. The fourth-order valence-corrected chi connectivity index (χ4v) is 3.85. The second-order valence-corrected chi connectivity index (χ2v) is 10.0. The molecule has 2 atom stereocenters. The first-order chi connectivity index (χ1) is 15.9. The first-order valence-corrected chi connectivity index (χ1v) is 14.0. The van der Waals surface area contributed by atoms with Gasteiger partial charge in [0.05, 0.1) is 25.7 Å². The molecule has 0 aromatic rings. The average molecular weight is 489 g/mol. The molecule has 0 amide bonds. The molecule has 0 aliphatic carbocycles. The summed E-state index contributed by atoms with van der Waals surface area (Å²) >= 11 is 4.61. The Balaban J connectivity index is 4.33. The maximum Gasteiger partial charge on any atom is 0.325 e. The fraction of sp³-hybridized carbons (Fsp3) is 0.926. The Labute approximate surface area is 209 Å². The molecular weight excluding hydrogens is 436 g/mol. The summed E-state index contributed by atoms with van der Waals surface area (Å²) < 4.78 is 15.3. The summed E-state index contributed by atoms with van der Waals surface area (Å²) in [6.45, 7) is 9.35. The van der Waals surface area contributed by atoms with Gasteiger partial charge in [0.25, 0.3) is 0 Å². The monoisotopic (exact) mass is 488 g/mol. The van der Waals surface area contributed by atoms with Crippen molar-refractivity contribution in [3.63, 3.8) is 0 Å². The number of esters is 2. The van der Waals surface area contributed by atoms with Crippen LogP contribution >= 0.6 is 12.6 Å². The van der Waals surface area contributed by atoms with E-state index in [4.69, 9.17) is 14.2 Å². The highest BCUT2D eigenvalue weighted by Crippen LogP contribution is 2.29. The lowest BCUT2D eigenvalue weighted by Crippen LogP contribution is -2.48. The lowest BCUT2D eigenvalue weighted by molar-refractivity contribution is -0.157. The van der Waals surface area contributed by atoms with Gasteiger partial charge in [-0.1, -0.05) is 97.8 Å². The van der Waals surface area contributed by atoms with Crippen molar-refractivity contribution >= 4 is 24.6 Å². The Morgan fingerprint density at radius 1 is 0.667 bits per heavy atom. The molecule has 196 valence electrons. The minimum absolute atomic E-state index is 0.149. The molecule has 33 heavy (non-hydrogen) atoms. The maximum absolute atomic E-state index is 12.8. The maximum atomic E-state index is 12.8. The molecule has 6 heteroatoms. The molecule has 0 aromatic carbocycles. The van der Waals surface area contributed by atoms with Gasteiger partial charge in [-0.3, -0.25) is 9.59 Å². The van der Waals surface area contributed by atoms with Gasteiger partial charge in [0, 0.05) is 6.61 Å². The van der Waals surface area contributed by atoms with E-state index in [1.54, 1.807) is 6.92 Å². The number of rotatable bonds is 23. The van der Waals surface area contributed by atoms with Crippen LogP contribution in [-0.4, -0.2) is 42.6 Å². The standard InChI is InChI=1S/C27H52O5S/c1-5-8-11-12-13-14-15-16-17-18-19-22-30-24(4)27(33,26(29)32-21-10-7-3)23-25(28)31-20-9-6-2/h24,33H,5-23H2,1-4H3/t24?,27-/m0/s1. The van der Waals surface area contributed by atoms with Gasteiger partial charge in [0.1, 0.15) is 4.75 Å². The summed E-state index contributed by atoms with van der Waals surface area (Å²) in [5, 5.41) is 0. The molecule has 1 unspecified atom stereocenters. The normalized spacial score (nSPS) is 14.0. The van der Waals surface area contributed by atoms with Crippen LogP contribution in [0.15, 0.2) is 0 Å². The number of hydrogen-bond acceptors (Lipinski definition) is 6. The zero-order valence-electron chi connectivity index (χ0n) is 22.0. The van der Waals surface area contributed by atoms with E-state index >= 15 is 0 Å². The van der Waals surface area contributed by atoms with E-state index in [0.29, 0.717) is 19.8 Å². The van der Waals surface area contributed by atoms with Crippen LogP contribution in [0.25, 0.3) is 0 Å². The number of thiol groups is 1. The summed E-state index contributed by atoms with van der Waals surface area (Å²) in [5.74, 6) is -0.936. The SMILES string of the molecule is CCCCCCCCCCCCCOC(C)[C@@](S)(CC(=O)OCCCC)C(=O)OCCCC. The van der Waals surface area contributed by atoms with Crippen molar-refractivity contribution in [2.45, 2.75) is 141 Å². The van der Waals surface area contributed by atoms with E-state index in [2.05, 4.69) is 19.6 Å².